The molecule has 0 aromatic heterocycles. The lowest BCUT2D eigenvalue weighted by Crippen LogP contribution is -2.60. The zero-order valence-electron chi connectivity index (χ0n) is 29.7. The normalized spacial score (nSPS) is 20.8. The number of hydrogen-bond donors (Lipinski definition) is 1. The Labute approximate surface area is 305 Å². The molecule has 1 fully saturated rings. The van der Waals surface area contributed by atoms with Gasteiger partial charge in [-0.3, -0.25) is 14.5 Å². The molecule has 12 heteroatoms. The molecule has 2 heterocycles. The molecule has 268 valence electrons. The number of amides is 3. The molecule has 3 aromatic carbocycles. The first-order valence-corrected chi connectivity index (χ1v) is 21.4. The SMILES string of the molecule is Cc1ccc(F)cc1[C@H]1CC(=O)N(CCNC(=O)OC(C)(C)C)[C@H](c2cccc(Cl)c2)[C@]12C(=O)N(COCC[Si](C)(C)C)c1cc(Cl)ccc12. The van der Waals surface area contributed by atoms with Crippen LogP contribution in [0.4, 0.5) is 14.9 Å². The van der Waals surface area contributed by atoms with Gasteiger partial charge >= 0.3 is 6.09 Å². The smallest absolute Gasteiger partial charge is 0.407 e. The number of halogens is 3. The zero-order valence-corrected chi connectivity index (χ0v) is 32.3. The predicted molar refractivity (Wildman–Crippen MR) is 198 cm³/mol. The number of nitrogens with zero attached hydrogens (tertiary/aromatic N) is 2. The Hall–Kier alpha value is -3.44. The molecule has 2 aliphatic rings. The van der Waals surface area contributed by atoms with Crippen LogP contribution in [0, 0.1) is 12.7 Å². The van der Waals surface area contributed by atoms with Gasteiger partial charge in [0, 0.05) is 50.2 Å². The molecule has 0 aliphatic carbocycles. The second-order valence-corrected chi connectivity index (χ2v) is 21.8. The summed E-state index contributed by atoms with van der Waals surface area (Å²) in [6.45, 7) is 14.5. The molecule has 0 saturated carbocycles. The average molecular weight is 743 g/mol. The highest BCUT2D eigenvalue weighted by Crippen LogP contribution is 2.62. The van der Waals surface area contributed by atoms with Crippen molar-refractivity contribution in [2.24, 2.45) is 0 Å². The van der Waals surface area contributed by atoms with E-state index in [2.05, 4.69) is 25.0 Å². The second-order valence-electron chi connectivity index (χ2n) is 15.3. The maximum absolute atomic E-state index is 15.5. The highest BCUT2D eigenvalue weighted by molar-refractivity contribution is 6.76. The van der Waals surface area contributed by atoms with Crippen LogP contribution in [0.15, 0.2) is 60.7 Å². The van der Waals surface area contributed by atoms with Crippen molar-refractivity contribution in [2.75, 3.05) is 31.3 Å². The Kier molecular flexibility index (Phi) is 11.1. The fraction of sp³-hybridized carbons (Fsp3) is 0.447. The van der Waals surface area contributed by atoms with Crippen molar-refractivity contribution in [1.29, 1.82) is 0 Å². The molecule has 1 spiro atoms. The number of rotatable bonds is 10. The van der Waals surface area contributed by atoms with Gasteiger partial charge in [-0.05, 0) is 92.4 Å². The van der Waals surface area contributed by atoms with Crippen LogP contribution in [0.1, 0.15) is 61.4 Å². The molecule has 3 atom stereocenters. The first-order chi connectivity index (χ1) is 23.4. The molecule has 0 radical (unpaired) electrons. The molecule has 5 rings (SSSR count). The minimum absolute atomic E-state index is 0.0241. The van der Waals surface area contributed by atoms with E-state index >= 15 is 9.18 Å². The molecule has 3 aromatic rings. The van der Waals surface area contributed by atoms with Crippen molar-refractivity contribution >= 4 is 54.9 Å². The molecule has 1 N–H and O–H groups in total. The molecule has 1 saturated heterocycles. The van der Waals surface area contributed by atoms with Gasteiger partial charge in [-0.1, -0.05) is 67.1 Å². The van der Waals surface area contributed by atoms with Crippen LogP contribution in [0.5, 0.6) is 0 Å². The third-order valence-corrected chi connectivity index (χ3v) is 11.5. The predicted octanol–water partition coefficient (Wildman–Crippen LogP) is 8.62. The van der Waals surface area contributed by atoms with Gasteiger partial charge in [0.15, 0.2) is 0 Å². The van der Waals surface area contributed by atoms with E-state index in [9.17, 15) is 9.59 Å². The van der Waals surface area contributed by atoms with Crippen molar-refractivity contribution in [1.82, 2.24) is 10.2 Å². The number of piperidine rings is 1. The van der Waals surface area contributed by atoms with Gasteiger partial charge in [0.25, 0.3) is 0 Å². The number of nitrogens with one attached hydrogen (secondary N) is 1. The number of aryl methyl sites for hydroxylation is 1. The average Bonchev–Trinajstić information content (AvgIpc) is 3.23. The summed E-state index contributed by atoms with van der Waals surface area (Å²) in [7, 11) is -1.43. The molecule has 3 amide bonds. The third kappa shape index (κ3) is 7.88. The van der Waals surface area contributed by atoms with E-state index in [1.165, 1.54) is 12.1 Å². The molecule has 0 bridgehead atoms. The minimum Gasteiger partial charge on any atom is -0.444 e. The molecule has 8 nitrogen and oxygen atoms in total. The summed E-state index contributed by atoms with van der Waals surface area (Å²) in [5.74, 6) is -1.79. The molecular weight excluding hydrogens is 696 g/mol. The zero-order chi connectivity index (χ0) is 36.6. The number of anilines is 1. The quantitative estimate of drug-likeness (QED) is 0.166. The number of ether oxygens (including phenoxy) is 2. The van der Waals surface area contributed by atoms with Crippen molar-refractivity contribution in [3.05, 3.63) is 98.8 Å². The third-order valence-electron chi connectivity index (χ3n) is 9.31. The maximum atomic E-state index is 15.5. The fourth-order valence-electron chi connectivity index (χ4n) is 7.13. The van der Waals surface area contributed by atoms with Crippen LogP contribution in [-0.4, -0.2) is 62.9 Å². The van der Waals surface area contributed by atoms with Crippen LogP contribution >= 0.6 is 23.2 Å². The molecular formula is C38H46Cl2FN3O5Si. The van der Waals surface area contributed by atoms with E-state index < -0.39 is 43.0 Å². The monoisotopic (exact) mass is 741 g/mol. The van der Waals surface area contributed by atoms with Crippen LogP contribution < -0.4 is 10.2 Å². The Bertz CT molecular complexity index is 1780. The lowest BCUT2D eigenvalue weighted by molar-refractivity contribution is -0.146. The second kappa shape index (κ2) is 14.7. The van der Waals surface area contributed by atoms with Crippen LogP contribution in [0.3, 0.4) is 0 Å². The van der Waals surface area contributed by atoms with E-state index in [1.54, 1.807) is 67.0 Å². The molecule has 0 unspecified atom stereocenters. The van der Waals surface area contributed by atoms with Crippen LogP contribution in [0.25, 0.3) is 0 Å². The topological polar surface area (TPSA) is 88.2 Å². The summed E-state index contributed by atoms with van der Waals surface area (Å²) >= 11 is 13.2. The van der Waals surface area contributed by atoms with Crippen LogP contribution in [0.2, 0.25) is 35.7 Å². The Morgan fingerprint density at radius 2 is 1.76 bits per heavy atom. The van der Waals surface area contributed by atoms with Crippen molar-refractivity contribution in [2.45, 2.75) is 82.8 Å². The van der Waals surface area contributed by atoms with Gasteiger partial charge in [-0.15, -0.1) is 0 Å². The number of alkyl carbamates (subject to hydrolysis) is 1. The van der Waals surface area contributed by atoms with Gasteiger partial charge < -0.3 is 19.7 Å². The van der Waals surface area contributed by atoms with Crippen molar-refractivity contribution in [3.8, 4) is 0 Å². The Morgan fingerprint density at radius 3 is 2.44 bits per heavy atom. The number of hydrogen-bond acceptors (Lipinski definition) is 5. The summed E-state index contributed by atoms with van der Waals surface area (Å²) in [6, 6.07) is 16.9. The largest absolute Gasteiger partial charge is 0.444 e. The molecule has 50 heavy (non-hydrogen) atoms. The maximum Gasteiger partial charge on any atom is 0.407 e. The van der Waals surface area contributed by atoms with Gasteiger partial charge in [0.2, 0.25) is 11.8 Å². The van der Waals surface area contributed by atoms with E-state index in [0.29, 0.717) is 39.0 Å². The van der Waals surface area contributed by atoms with Crippen molar-refractivity contribution in [3.63, 3.8) is 0 Å². The van der Waals surface area contributed by atoms with E-state index in [0.717, 1.165) is 11.6 Å². The van der Waals surface area contributed by atoms with Crippen LogP contribution in [-0.2, 0) is 24.5 Å². The van der Waals surface area contributed by atoms with Gasteiger partial charge in [0.05, 0.1) is 11.7 Å². The molecule has 2 aliphatic heterocycles. The summed E-state index contributed by atoms with van der Waals surface area (Å²) in [6.07, 6.45) is -0.714. The first-order valence-electron chi connectivity index (χ1n) is 16.9. The van der Waals surface area contributed by atoms with E-state index in [-0.39, 0.29) is 38.1 Å². The summed E-state index contributed by atoms with van der Waals surface area (Å²) < 4.78 is 26.7. The summed E-state index contributed by atoms with van der Waals surface area (Å²) in [4.78, 5) is 45.9. The van der Waals surface area contributed by atoms with Gasteiger partial charge in [-0.2, -0.15) is 0 Å². The lowest BCUT2D eigenvalue weighted by Gasteiger charge is -2.52. The number of benzene rings is 3. The Balaban J connectivity index is 1.71. The van der Waals surface area contributed by atoms with Gasteiger partial charge in [0.1, 0.15) is 23.6 Å². The Morgan fingerprint density at radius 1 is 1.04 bits per heavy atom. The number of carbonyl (C=O) groups excluding carboxylic acids is 3. The fourth-order valence-corrected chi connectivity index (χ4v) is 8.25. The lowest BCUT2D eigenvalue weighted by atomic mass is 9.58. The minimum atomic E-state index is -1.45. The summed E-state index contributed by atoms with van der Waals surface area (Å²) in [5, 5.41) is 3.62. The first kappa shape index (κ1) is 37.8. The number of likely N-dealkylation sites (tertiary alicyclic amines) is 1. The highest BCUT2D eigenvalue weighted by atomic mass is 35.5. The number of carbonyl (C=O) groups is 3. The summed E-state index contributed by atoms with van der Waals surface area (Å²) in [5.41, 5.74) is 0.994. The van der Waals surface area contributed by atoms with E-state index in [4.69, 9.17) is 32.7 Å². The van der Waals surface area contributed by atoms with E-state index in [1.807, 2.05) is 19.1 Å². The number of fused-ring (bicyclic) bond motifs is 2. The van der Waals surface area contributed by atoms with Crippen molar-refractivity contribution < 1.29 is 28.2 Å². The highest BCUT2D eigenvalue weighted by Gasteiger charge is 2.65. The standard InChI is InChI=1S/C38H46Cl2FN3O5Si/c1-24-11-13-28(41)21-29(24)31-22-33(45)43(16-15-42-36(47)49-37(2,3)4)34(25-9-8-10-26(39)19-25)38(31)30-14-12-27(40)20-32(30)44(35(38)46)23-48-17-18-50(5,6)7/h8-14,19-21,31,34H,15-18,22-23H2,1-7H3,(H,42,47)/t31-,34-,38-/m1/s1. The van der Waals surface area contributed by atoms with Gasteiger partial charge in [-0.25, -0.2) is 9.18 Å².